The summed E-state index contributed by atoms with van der Waals surface area (Å²) in [6, 6.07) is 24.0. The number of nitrogens with zero attached hydrogens (tertiary/aromatic N) is 4. The number of non-ortho nitro benzene ring substituents is 1. The monoisotopic (exact) mass is 455 g/mol. The van der Waals surface area contributed by atoms with Gasteiger partial charge in [-0.05, 0) is 54.5 Å². The number of nitro benzene ring substituents is 1. The van der Waals surface area contributed by atoms with Crippen LogP contribution < -0.4 is 5.32 Å². The van der Waals surface area contributed by atoms with Gasteiger partial charge in [0.2, 0.25) is 0 Å². The Morgan fingerprint density at radius 3 is 2.38 bits per heavy atom. The Balaban J connectivity index is 1.44. The summed E-state index contributed by atoms with van der Waals surface area (Å²) in [6.45, 7) is 1.24. The number of hydrogen-bond acceptors (Lipinski definition) is 5. The third kappa shape index (κ3) is 5.36. The zero-order valence-corrected chi connectivity index (χ0v) is 19.0. The van der Waals surface area contributed by atoms with Crippen LogP contribution in [0.1, 0.15) is 21.6 Å². The molecular formula is C26H25N5O3. The Morgan fingerprint density at radius 1 is 1.00 bits per heavy atom. The SMILES string of the molecule is CN(C)Cc1ccc(-c2ccccc2CNC(=O)c2ccn(-c3ccc([N+](=O)[O-])cc3)n2)cc1. The van der Waals surface area contributed by atoms with Gasteiger partial charge in [0.15, 0.2) is 5.69 Å². The summed E-state index contributed by atoms with van der Waals surface area (Å²) in [6.07, 6.45) is 1.65. The maximum Gasteiger partial charge on any atom is 0.272 e. The van der Waals surface area contributed by atoms with E-state index < -0.39 is 4.92 Å². The standard InChI is InChI=1S/C26H25N5O3/c1-29(2)18-19-7-9-20(10-8-19)24-6-4-3-5-21(24)17-27-26(32)25-15-16-30(28-25)22-11-13-23(14-12-22)31(33)34/h3-16H,17-18H2,1-2H3,(H,27,32). The highest BCUT2D eigenvalue weighted by Crippen LogP contribution is 2.24. The van der Waals surface area contributed by atoms with Crippen molar-refractivity contribution in [2.75, 3.05) is 14.1 Å². The molecule has 0 aliphatic rings. The fourth-order valence-corrected chi connectivity index (χ4v) is 3.69. The number of benzene rings is 3. The van der Waals surface area contributed by atoms with Gasteiger partial charge in [-0.2, -0.15) is 5.10 Å². The van der Waals surface area contributed by atoms with Gasteiger partial charge in [-0.25, -0.2) is 4.68 Å². The van der Waals surface area contributed by atoms with Crippen LogP contribution in [0.3, 0.4) is 0 Å². The number of hydrogen-bond donors (Lipinski definition) is 1. The third-order valence-corrected chi connectivity index (χ3v) is 5.37. The van der Waals surface area contributed by atoms with E-state index >= 15 is 0 Å². The van der Waals surface area contributed by atoms with Crippen molar-refractivity contribution in [3.63, 3.8) is 0 Å². The molecule has 1 aromatic heterocycles. The van der Waals surface area contributed by atoms with E-state index in [2.05, 4.69) is 39.6 Å². The van der Waals surface area contributed by atoms with Gasteiger partial charge < -0.3 is 10.2 Å². The van der Waals surface area contributed by atoms with E-state index in [4.69, 9.17) is 0 Å². The number of carbonyl (C=O) groups excluding carboxylic acids is 1. The molecule has 34 heavy (non-hydrogen) atoms. The first-order chi connectivity index (χ1) is 16.4. The highest BCUT2D eigenvalue weighted by molar-refractivity contribution is 5.92. The first-order valence-electron chi connectivity index (χ1n) is 10.8. The average molecular weight is 456 g/mol. The molecule has 0 fully saturated rings. The summed E-state index contributed by atoms with van der Waals surface area (Å²) in [5.74, 6) is -0.295. The minimum Gasteiger partial charge on any atom is -0.347 e. The highest BCUT2D eigenvalue weighted by atomic mass is 16.6. The minimum absolute atomic E-state index is 0.000113. The zero-order valence-electron chi connectivity index (χ0n) is 19.0. The number of rotatable bonds is 8. The van der Waals surface area contributed by atoms with E-state index in [0.717, 1.165) is 23.2 Å². The number of carbonyl (C=O) groups is 1. The lowest BCUT2D eigenvalue weighted by atomic mass is 9.98. The van der Waals surface area contributed by atoms with Crippen molar-refractivity contribution in [1.82, 2.24) is 20.0 Å². The summed E-state index contributed by atoms with van der Waals surface area (Å²) >= 11 is 0. The lowest BCUT2D eigenvalue weighted by Crippen LogP contribution is -2.23. The summed E-state index contributed by atoms with van der Waals surface area (Å²) in [5, 5.41) is 18.1. The Hall–Kier alpha value is -4.30. The Morgan fingerprint density at radius 2 is 1.71 bits per heavy atom. The van der Waals surface area contributed by atoms with Crippen LogP contribution in [0.25, 0.3) is 16.8 Å². The van der Waals surface area contributed by atoms with Crippen LogP contribution in [-0.4, -0.2) is 39.6 Å². The van der Waals surface area contributed by atoms with E-state index in [-0.39, 0.29) is 17.3 Å². The average Bonchev–Trinajstić information content (AvgIpc) is 3.33. The summed E-state index contributed by atoms with van der Waals surface area (Å²) in [5.41, 5.74) is 5.30. The largest absolute Gasteiger partial charge is 0.347 e. The third-order valence-electron chi connectivity index (χ3n) is 5.37. The van der Waals surface area contributed by atoms with Crippen molar-refractivity contribution in [3.8, 4) is 16.8 Å². The quantitative estimate of drug-likeness (QED) is 0.313. The Bertz CT molecular complexity index is 1290. The second-order valence-electron chi connectivity index (χ2n) is 8.19. The molecule has 0 radical (unpaired) electrons. The van der Waals surface area contributed by atoms with Crippen LogP contribution >= 0.6 is 0 Å². The van der Waals surface area contributed by atoms with Crippen molar-refractivity contribution in [1.29, 1.82) is 0 Å². The molecule has 0 saturated carbocycles. The van der Waals surface area contributed by atoms with Crippen LogP contribution in [-0.2, 0) is 13.1 Å². The zero-order chi connectivity index (χ0) is 24.1. The van der Waals surface area contributed by atoms with Crippen LogP contribution in [0, 0.1) is 10.1 Å². The molecule has 0 spiro atoms. The molecule has 4 aromatic rings. The van der Waals surface area contributed by atoms with Crippen molar-refractivity contribution < 1.29 is 9.72 Å². The minimum atomic E-state index is -0.457. The molecule has 8 heteroatoms. The Labute approximate surface area is 197 Å². The molecule has 1 amide bonds. The molecule has 0 bridgehead atoms. The van der Waals surface area contributed by atoms with Crippen molar-refractivity contribution in [3.05, 3.63) is 112 Å². The van der Waals surface area contributed by atoms with Gasteiger partial charge in [-0.1, -0.05) is 48.5 Å². The van der Waals surface area contributed by atoms with Gasteiger partial charge in [0.25, 0.3) is 11.6 Å². The summed E-state index contributed by atoms with van der Waals surface area (Å²) in [4.78, 5) is 25.2. The second kappa shape index (κ2) is 10.1. The van der Waals surface area contributed by atoms with Gasteiger partial charge >= 0.3 is 0 Å². The van der Waals surface area contributed by atoms with Crippen LogP contribution in [0.15, 0.2) is 85.1 Å². The Kier molecular flexibility index (Phi) is 6.79. The van der Waals surface area contributed by atoms with E-state index in [0.29, 0.717) is 12.2 Å². The molecule has 8 nitrogen and oxygen atoms in total. The van der Waals surface area contributed by atoms with Gasteiger partial charge in [-0.15, -0.1) is 0 Å². The van der Waals surface area contributed by atoms with Crippen molar-refractivity contribution >= 4 is 11.6 Å². The first-order valence-corrected chi connectivity index (χ1v) is 10.8. The number of aromatic nitrogens is 2. The van der Waals surface area contributed by atoms with Crippen LogP contribution in [0.2, 0.25) is 0 Å². The fourth-order valence-electron chi connectivity index (χ4n) is 3.69. The van der Waals surface area contributed by atoms with E-state index in [9.17, 15) is 14.9 Å². The molecule has 3 aromatic carbocycles. The number of nitro groups is 1. The lowest BCUT2D eigenvalue weighted by Gasteiger charge is -2.13. The molecule has 1 heterocycles. The predicted molar refractivity (Wildman–Crippen MR) is 131 cm³/mol. The summed E-state index contributed by atoms with van der Waals surface area (Å²) in [7, 11) is 4.09. The van der Waals surface area contributed by atoms with Crippen LogP contribution in [0.5, 0.6) is 0 Å². The van der Waals surface area contributed by atoms with Crippen LogP contribution in [0.4, 0.5) is 5.69 Å². The fraction of sp³-hybridized carbons (Fsp3) is 0.154. The molecule has 0 saturated heterocycles. The molecule has 1 N–H and O–H groups in total. The lowest BCUT2D eigenvalue weighted by molar-refractivity contribution is -0.384. The predicted octanol–water partition coefficient (Wildman–Crippen LogP) is 4.44. The topological polar surface area (TPSA) is 93.3 Å². The van der Waals surface area contributed by atoms with Crippen molar-refractivity contribution in [2.45, 2.75) is 13.1 Å². The summed E-state index contributed by atoms with van der Waals surface area (Å²) < 4.78 is 1.52. The van der Waals surface area contributed by atoms with Gasteiger partial charge in [-0.3, -0.25) is 14.9 Å². The molecular weight excluding hydrogens is 430 g/mol. The smallest absolute Gasteiger partial charge is 0.272 e. The second-order valence-corrected chi connectivity index (χ2v) is 8.19. The molecule has 4 rings (SSSR count). The van der Waals surface area contributed by atoms with E-state index in [1.165, 1.54) is 22.4 Å². The highest BCUT2D eigenvalue weighted by Gasteiger charge is 2.13. The molecule has 0 atom stereocenters. The molecule has 0 unspecified atom stereocenters. The van der Waals surface area contributed by atoms with Gasteiger partial charge in [0, 0.05) is 31.4 Å². The van der Waals surface area contributed by atoms with Crippen molar-refractivity contribution in [2.24, 2.45) is 0 Å². The molecule has 0 aliphatic heterocycles. The van der Waals surface area contributed by atoms with Gasteiger partial charge in [0.1, 0.15) is 0 Å². The number of nitrogens with one attached hydrogen (secondary N) is 1. The number of amides is 1. The van der Waals surface area contributed by atoms with E-state index in [1.807, 2.05) is 38.4 Å². The van der Waals surface area contributed by atoms with E-state index in [1.54, 1.807) is 24.4 Å². The van der Waals surface area contributed by atoms with Gasteiger partial charge in [0.05, 0.1) is 10.6 Å². The molecule has 0 aliphatic carbocycles. The maximum absolute atomic E-state index is 12.7. The molecule has 172 valence electrons. The normalized spacial score (nSPS) is 10.9. The first kappa shape index (κ1) is 22.9. The maximum atomic E-state index is 12.7.